The first-order valence-electron chi connectivity index (χ1n) is 7.23. The molecule has 2 atom stereocenters. The van der Waals surface area contributed by atoms with Crippen LogP contribution in [-0.2, 0) is 0 Å². The van der Waals surface area contributed by atoms with E-state index in [1.54, 1.807) is 0 Å². The standard InChI is InChI=1S/C14H28N2O/c1-3-16-6-4-12(5-7-16)8-13-9-14(2,11-17)15-10-13/h12-13,15,17H,3-11H2,1-2H3. The number of nitrogens with one attached hydrogen (secondary N) is 1. The molecular formula is C14H28N2O. The molecule has 2 saturated heterocycles. The Morgan fingerprint density at radius 2 is 2.00 bits per heavy atom. The third-order valence-electron chi connectivity index (χ3n) is 4.73. The highest BCUT2D eigenvalue weighted by Crippen LogP contribution is 2.32. The molecule has 0 saturated carbocycles. The van der Waals surface area contributed by atoms with Crippen LogP contribution >= 0.6 is 0 Å². The van der Waals surface area contributed by atoms with Gasteiger partial charge in [0.05, 0.1) is 6.61 Å². The molecule has 0 aliphatic carbocycles. The van der Waals surface area contributed by atoms with Gasteiger partial charge in [-0.05, 0) is 70.6 Å². The second kappa shape index (κ2) is 5.68. The summed E-state index contributed by atoms with van der Waals surface area (Å²) in [6.45, 7) is 9.57. The second-order valence-electron chi connectivity index (χ2n) is 6.28. The van der Waals surface area contributed by atoms with Crippen LogP contribution in [0.15, 0.2) is 0 Å². The van der Waals surface area contributed by atoms with Crippen molar-refractivity contribution in [2.24, 2.45) is 11.8 Å². The molecule has 100 valence electrons. The van der Waals surface area contributed by atoms with Crippen LogP contribution in [0.2, 0.25) is 0 Å². The number of hydrogen-bond donors (Lipinski definition) is 2. The fraction of sp³-hybridized carbons (Fsp3) is 1.00. The lowest BCUT2D eigenvalue weighted by Gasteiger charge is -2.32. The van der Waals surface area contributed by atoms with E-state index < -0.39 is 0 Å². The summed E-state index contributed by atoms with van der Waals surface area (Å²) in [6.07, 6.45) is 5.26. The molecular weight excluding hydrogens is 212 g/mol. The van der Waals surface area contributed by atoms with Crippen LogP contribution in [0.5, 0.6) is 0 Å². The van der Waals surface area contributed by atoms with Crippen molar-refractivity contribution < 1.29 is 5.11 Å². The van der Waals surface area contributed by atoms with Gasteiger partial charge in [0.1, 0.15) is 0 Å². The first-order chi connectivity index (χ1) is 8.15. The lowest BCUT2D eigenvalue weighted by molar-refractivity contribution is 0.167. The van der Waals surface area contributed by atoms with Gasteiger partial charge in [0.25, 0.3) is 0 Å². The summed E-state index contributed by atoms with van der Waals surface area (Å²) in [4.78, 5) is 2.56. The van der Waals surface area contributed by atoms with Gasteiger partial charge in [-0.1, -0.05) is 6.92 Å². The second-order valence-corrected chi connectivity index (χ2v) is 6.28. The zero-order valence-corrected chi connectivity index (χ0v) is 11.4. The molecule has 0 aromatic carbocycles. The van der Waals surface area contributed by atoms with E-state index in [9.17, 15) is 5.11 Å². The zero-order valence-electron chi connectivity index (χ0n) is 11.4. The Kier molecular flexibility index (Phi) is 4.45. The van der Waals surface area contributed by atoms with Crippen molar-refractivity contribution in [2.75, 3.05) is 32.8 Å². The van der Waals surface area contributed by atoms with Gasteiger partial charge in [-0.2, -0.15) is 0 Å². The molecule has 2 rings (SSSR count). The lowest BCUT2D eigenvalue weighted by atomic mass is 9.84. The molecule has 2 fully saturated rings. The molecule has 0 amide bonds. The van der Waals surface area contributed by atoms with Crippen molar-refractivity contribution >= 4 is 0 Å². The smallest absolute Gasteiger partial charge is 0.0610 e. The van der Waals surface area contributed by atoms with Crippen molar-refractivity contribution in [1.82, 2.24) is 10.2 Å². The maximum Gasteiger partial charge on any atom is 0.0610 e. The van der Waals surface area contributed by atoms with E-state index in [1.807, 2.05) is 0 Å². The van der Waals surface area contributed by atoms with Crippen LogP contribution in [-0.4, -0.2) is 48.3 Å². The summed E-state index contributed by atoms with van der Waals surface area (Å²) in [5, 5.41) is 12.8. The number of hydrogen-bond acceptors (Lipinski definition) is 3. The summed E-state index contributed by atoms with van der Waals surface area (Å²) in [6, 6.07) is 0. The van der Waals surface area contributed by atoms with Gasteiger partial charge in [-0.25, -0.2) is 0 Å². The zero-order chi connectivity index (χ0) is 12.3. The fourth-order valence-corrected chi connectivity index (χ4v) is 3.47. The van der Waals surface area contributed by atoms with Crippen LogP contribution in [0.3, 0.4) is 0 Å². The van der Waals surface area contributed by atoms with Crippen LogP contribution in [0.1, 0.15) is 39.5 Å². The largest absolute Gasteiger partial charge is 0.394 e. The molecule has 3 heteroatoms. The van der Waals surface area contributed by atoms with E-state index in [0.29, 0.717) is 0 Å². The molecule has 0 aromatic rings. The topological polar surface area (TPSA) is 35.5 Å². The van der Waals surface area contributed by atoms with E-state index in [1.165, 1.54) is 38.9 Å². The number of aliphatic hydroxyl groups is 1. The Morgan fingerprint density at radius 1 is 1.29 bits per heavy atom. The van der Waals surface area contributed by atoms with Crippen LogP contribution in [0.25, 0.3) is 0 Å². The summed E-state index contributed by atoms with van der Waals surface area (Å²) in [5.41, 5.74) is -0.00517. The average Bonchev–Trinajstić information content (AvgIpc) is 2.73. The van der Waals surface area contributed by atoms with Gasteiger partial charge in [-0.3, -0.25) is 0 Å². The Balaban J connectivity index is 1.72. The van der Waals surface area contributed by atoms with E-state index >= 15 is 0 Å². The van der Waals surface area contributed by atoms with E-state index in [0.717, 1.165) is 24.8 Å². The maximum atomic E-state index is 9.35. The molecule has 2 N–H and O–H groups in total. The minimum absolute atomic E-state index is 0.00517. The van der Waals surface area contributed by atoms with Crippen LogP contribution in [0, 0.1) is 11.8 Å². The first-order valence-corrected chi connectivity index (χ1v) is 7.23. The first kappa shape index (κ1) is 13.3. The van der Waals surface area contributed by atoms with Gasteiger partial charge in [0.15, 0.2) is 0 Å². The summed E-state index contributed by atoms with van der Waals surface area (Å²) in [7, 11) is 0. The van der Waals surface area contributed by atoms with Crippen molar-refractivity contribution in [2.45, 2.75) is 45.1 Å². The van der Waals surface area contributed by atoms with Gasteiger partial charge >= 0.3 is 0 Å². The average molecular weight is 240 g/mol. The highest BCUT2D eigenvalue weighted by molar-refractivity contribution is 4.93. The monoisotopic (exact) mass is 240 g/mol. The van der Waals surface area contributed by atoms with Gasteiger partial charge in [0.2, 0.25) is 0 Å². The Morgan fingerprint density at radius 3 is 2.53 bits per heavy atom. The number of aliphatic hydroxyl groups excluding tert-OH is 1. The maximum absolute atomic E-state index is 9.35. The SMILES string of the molecule is CCN1CCC(CC2CNC(C)(CO)C2)CC1. The normalized spacial score (nSPS) is 36.5. The predicted molar refractivity (Wildman–Crippen MR) is 71.1 cm³/mol. The molecule has 3 nitrogen and oxygen atoms in total. The van der Waals surface area contributed by atoms with E-state index in [-0.39, 0.29) is 12.1 Å². The Hall–Kier alpha value is -0.120. The number of nitrogens with zero attached hydrogens (tertiary/aromatic N) is 1. The molecule has 2 aliphatic heterocycles. The van der Waals surface area contributed by atoms with Crippen molar-refractivity contribution in [3.63, 3.8) is 0 Å². The van der Waals surface area contributed by atoms with Crippen molar-refractivity contribution in [3.8, 4) is 0 Å². The molecule has 0 bridgehead atoms. The highest BCUT2D eigenvalue weighted by atomic mass is 16.3. The molecule has 0 aromatic heterocycles. The Labute approximate surface area is 106 Å². The Bertz CT molecular complexity index is 238. The number of rotatable bonds is 4. The molecule has 2 heterocycles. The van der Waals surface area contributed by atoms with Gasteiger partial charge < -0.3 is 15.3 Å². The van der Waals surface area contributed by atoms with Gasteiger partial charge in [-0.15, -0.1) is 0 Å². The van der Waals surface area contributed by atoms with Crippen molar-refractivity contribution in [1.29, 1.82) is 0 Å². The highest BCUT2D eigenvalue weighted by Gasteiger charge is 2.35. The summed E-state index contributed by atoms with van der Waals surface area (Å²) in [5.74, 6) is 1.70. The number of likely N-dealkylation sites (tertiary alicyclic amines) is 1. The molecule has 2 unspecified atom stereocenters. The number of piperidine rings is 1. The predicted octanol–water partition coefficient (Wildman–Crippen LogP) is 1.47. The lowest BCUT2D eigenvalue weighted by Crippen LogP contribution is -2.39. The molecule has 0 radical (unpaired) electrons. The minimum Gasteiger partial charge on any atom is -0.394 e. The van der Waals surface area contributed by atoms with Gasteiger partial charge in [0, 0.05) is 5.54 Å². The molecule has 0 spiro atoms. The summed E-state index contributed by atoms with van der Waals surface area (Å²) >= 11 is 0. The quantitative estimate of drug-likeness (QED) is 0.781. The van der Waals surface area contributed by atoms with E-state index in [2.05, 4.69) is 24.1 Å². The molecule has 2 aliphatic rings. The van der Waals surface area contributed by atoms with Crippen molar-refractivity contribution in [3.05, 3.63) is 0 Å². The summed E-state index contributed by atoms with van der Waals surface area (Å²) < 4.78 is 0. The fourth-order valence-electron chi connectivity index (χ4n) is 3.47. The van der Waals surface area contributed by atoms with Crippen LogP contribution in [0.4, 0.5) is 0 Å². The minimum atomic E-state index is -0.00517. The molecule has 17 heavy (non-hydrogen) atoms. The van der Waals surface area contributed by atoms with Crippen LogP contribution < -0.4 is 5.32 Å². The third-order valence-corrected chi connectivity index (χ3v) is 4.73. The van der Waals surface area contributed by atoms with E-state index in [4.69, 9.17) is 0 Å². The third kappa shape index (κ3) is 3.43.